The predicted octanol–water partition coefficient (Wildman–Crippen LogP) is 5.67. The molecule has 0 fully saturated rings. The molecular weight excluding hydrogens is 638 g/mol. The lowest BCUT2D eigenvalue weighted by Gasteiger charge is -2.08. The van der Waals surface area contributed by atoms with E-state index >= 15 is 4.39 Å². The average molecular weight is 665 g/mol. The number of halogens is 2. The summed E-state index contributed by atoms with van der Waals surface area (Å²) in [6.45, 7) is 0. The molecular formula is C34H26F2N8O3S. The second-order valence-electron chi connectivity index (χ2n) is 11.3. The lowest BCUT2D eigenvalue weighted by Crippen LogP contribution is -2.14. The van der Waals surface area contributed by atoms with Gasteiger partial charge in [-0.05, 0) is 47.9 Å². The Balaban J connectivity index is 1.22. The molecule has 0 aliphatic carbocycles. The van der Waals surface area contributed by atoms with Crippen LogP contribution in [-0.2, 0) is 27.5 Å². The summed E-state index contributed by atoms with van der Waals surface area (Å²) < 4.78 is 54.3. The first kappa shape index (κ1) is 30.7. The number of imidazole rings is 1. The fourth-order valence-electron chi connectivity index (χ4n) is 5.47. The number of hydrogen-bond donors (Lipinski definition) is 3. The van der Waals surface area contributed by atoms with Gasteiger partial charge in [0.1, 0.15) is 32.6 Å². The fraction of sp³-hybridized carbons (Fsp3) is 0.118. The molecule has 1 amide bonds. The van der Waals surface area contributed by atoms with Crippen LogP contribution in [-0.4, -0.2) is 61.5 Å². The molecule has 0 bridgehead atoms. The van der Waals surface area contributed by atoms with Crippen LogP contribution < -0.4 is 5.32 Å². The van der Waals surface area contributed by atoms with E-state index in [0.29, 0.717) is 44.6 Å². The Morgan fingerprint density at radius 1 is 0.875 bits per heavy atom. The van der Waals surface area contributed by atoms with Gasteiger partial charge in [0, 0.05) is 29.8 Å². The van der Waals surface area contributed by atoms with Crippen LogP contribution in [0, 0.1) is 11.6 Å². The number of aryl methyl sites for hydroxylation is 1. The monoisotopic (exact) mass is 664 g/mol. The number of benzene rings is 2. The lowest BCUT2D eigenvalue weighted by molar-refractivity contribution is -0.115. The van der Waals surface area contributed by atoms with Crippen molar-refractivity contribution in [3.05, 3.63) is 108 Å². The molecule has 3 N–H and O–H groups in total. The zero-order valence-corrected chi connectivity index (χ0v) is 26.1. The van der Waals surface area contributed by atoms with Gasteiger partial charge >= 0.3 is 0 Å². The molecule has 240 valence electrons. The zero-order chi connectivity index (χ0) is 33.4. The molecule has 0 spiro atoms. The fourth-order valence-corrected chi connectivity index (χ4v) is 6.07. The van der Waals surface area contributed by atoms with Crippen LogP contribution in [0.15, 0.2) is 85.5 Å². The predicted molar refractivity (Wildman–Crippen MR) is 178 cm³/mol. The Morgan fingerprint density at radius 3 is 2.52 bits per heavy atom. The number of hydrogen-bond acceptors (Lipinski definition) is 8. The van der Waals surface area contributed by atoms with Crippen molar-refractivity contribution in [3.63, 3.8) is 0 Å². The number of H-pyrrole nitrogens is 2. The highest BCUT2D eigenvalue weighted by atomic mass is 32.2. The Hall–Kier alpha value is -5.89. The maximum absolute atomic E-state index is 16.3. The number of anilines is 1. The van der Waals surface area contributed by atoms with Gasteiger partial charge in [0.2, 0.25) is 5.91 Å². The van der Waals surface area contributed by atoms with Gasteiger partial charge in [-0.15, -0.1) is 0 Å². The van der Waals surface area contributed by atoms with Crippen LogP contribution in [0.4, 0.5) is 14.5 Å². The standard InChI is InChI=1S/C34H26F2N8O3S/c1-48(46,47)10-8-20-11-21(14-23(35)12-20)31-32-25(7-9-38-31)41-34(42-32)33-28-26(43-44-33)18-39-30(29(28)36)22-15-24(17-37-16-22)40-27(45)13-19-5-3-2-4-6-19/h2-7,9,11-12,14-18H,8,10,13H2,1H3,(H,40,45)(H,41,42)(H,43,44). The van der Waals surface area contributed by atoms with Gasteiger partial charge in [-0.2, -0.15) is 5.10 Å². The van der Waals surface area contributed by atoms with Crippen LogP contribution in [0.2, 0.25) is 0 Å². The summed E-state index contributed by atoms with van der Waals surface area (Å²) >= 11 is 0. The third-order valence-corrected chi connectivity index (χ3v) is 8.61. The SMILES string of the molecule is CS(=O)(=O)CCc1cc(F)cc(-c2nccc3[nH]c(-c4n[nH]c5cnc(-c6cncc(NC(=O)Cc7ccccc7)c6)c(F)c45)nc23)c1. The van der Waals surface area contributed by atoms with Crippen LogP contribution >= 0.6 is 0 Å². The average Bonchev–Trinajstić information content (AvgIpc) is 3.69. The minimum atomic E-state index is -3.25. The van der Waals surface area contributed by atoms with Crippen molar-refractivity contribution in [1.82, 2.24) is 35.1 Å². The topological polar surface area (TPSA) is 159 Å². The highest BCUT2D eigenvalue weighted by Gasteiger charge is 2.22. The molecule has 0 saturated carbocycles. The Kier molecular flexibility index (Phi) is 7.93. The lowest BCUT2D eigenvalue weighted by atomic mass is 10.0. The molecule has 0 atom stereocenters. The van der Waals surface area contributed by atoms with E-state index in [1.54, 1.807) is 18.2 Å². The molecule has 0 saturated heterocycles. The van der Waals surface area contributed by atoms with Gasteiger partial charge in [-0.3, -0.25) is 24.8 Å². The van der Waals surface area contributed by atoms with Crippen molar-refractivity contribution in [3.8, 4) is 34.0 Å². The molecule has 5 aromatic heterocycles. The molecule has 11 nitrogen and oxygen atoms in total. The van der Waals surface area contributed by atoms with Gasteiger partial charge in [0.25, 0.3) is 0 Å². The summed E-state index contributed by atoms with van der Waals surface area (Å²) in [5.41, 5.74) is 4.29. The Bertz CT molecular complexity index is 2450. The van der Waals surface area contributed by atoms with Gasteiger partial charge in [0.15, 0.2) is 11.6 Å². The highest BCUT2D eigenvalue weighted by Crippen LogP contribution is 2.34. The van der Waals surface area contributed by atoms with Crippen LogP contribution in [0.25, 0.3) is 56.0 Å². The summed E-state index contributed by atoms with van der Waals surface area (Å²) in [5, 5.41) is 10.0. The van der Waals surface area contributed by atoms with E-state index < -0.39 is 21.5 Å². The molecule has 0 aliphatic heterocycles. The van der Waals surface area contributed by atoms with Crippen molar-refractivity contribution in [1.29, 1.82) is 0 Å². The first-order valence-corrected chi connectivity index (χ1v) is 16.8. The van der Waals surface area contributed by atoms with Gasteiger partial charge in [0.05, 0.1) is 52.4 Å². The second kappa shape index (κ2) is 12.4. The van der Waals surface area contributed by atoms with Crippen molar-refractivity contribution in [2.24, 2.45) is 0 Å². The summed E-state index contributed by atoms with van der Waals surface area (Å²) in [6.07, 6.45) is 7.34. The number of carbonyl (C=O) groups is 1. The normalized spacial score (nSPS) is 11.7. The smallest absolute Gasteiger partial charge is 0.228 e. The minimum absolute atomic E-state index is 0.00309. The summed E-state index contributed by atoms with van der Waals surface area (Å²) in [7, 11) is -3.25. The highest BCUT2D eigenvalue weighted by molar-refractivity contribution is 7.90. The van der Waals surface area contributed by atoms with E-state index in [0.717, 1.165) is 11.8 Å². The first-order chi connectivity index (χ1) is 23.1. The molecule has 0 radical (unpaired) electrons. The maximum Gasteiger partial charge on any atom is 0.228 e. The van der Waals surface area contributed by atoms with Crippen molar-refractivity contribution >= 4 is 43.4 Å². The van der Waals surface area contributed by atoms with Crippen molar-refractivity contribution in [2.75, 3.05) is 17.3 Å². The molecule has 0 unspecified atom stereocenters. The van der Waals surface area contributed by atoms with Crippen LogP contribution in [0.5, 0.6) is 0 Å². The number of carbonyl (C=O) groups excluding carboxylic acids is 1. The molecule has 7 aromatic rings. The van der Waals surface area contributed by atoms with Crippen LogP contribution in [0.3, 0.4) is 0 Å². The number of pyridine rings is 3. The number of aromatic nitrogens is 7. The van der Waals surface area contributed by atoms with E-state index in [-0.39, 0.29) is 47.1 Å². The van der Waals surface area contributed by atoms with Gasteiger partial charge < -0.3 is 10.3 Å². The van der Waals surface area contributed by atoms with E-state index in [9.17, 15) is 17.6 Å². The first-order valence-electron chi connectivity index (χ1n) is 14.8. The summed E-state index contributed by atoms with van der Waals surface area (Å²) in [5.74, 6) is -1.36. The number of sulfone groups is 1. The van der Waals surface area contributed by atoms with E-state index in [1.807, 2.05) is 30.3 Å². The van der Waals surface area contributed by atoms with Gasteiger partial charge in [-0.25, -0.2) is 22.2 Å². The maximum atomic E-state index is 16.3. The number of nitrogens with one attached hydrogen (secondary N) is 3. The number of fused-ring (bicyclic) bond motifs is 2. The molecule has 5 heterocycles. The van der Waals surface area contributed by atoms with E-state index in [1.165, 1.54) is 36.9 Å². The molecule has 48 heavy (non-hydrogen) atoms. The largest absolute Gasteiger partial charge is 0.336 e. The third kappa shape index (κ3) is 6.37. The van der Waals surface area contributed by atoms with E-state index in [2.05, 4.69) is 40.4 Å². The van der Waals surface area contributed by atoms with Crippen molar-refractivity contribution in [2.45, 2.75) is 12.8 Å². The van der Waals surface area contributed by atoms with Gasteiger partial charge in [-0.1, -0.05) is 30.3 Å². The summed E-state index contributed by atoms with van der Waals surface area (Å²) in [6, 6.07) is 16.8. The third-order valence-electron chi connectivity index (χ3n) is 7.67. The number of aromatic amines is 2. The molecule has 7 rings (SSSR count). The van der Waals surface area contributed by atoms with Crippen molar-refractivity contribution < 1.29 is 22.0 Å². The molecule has 0 aliphatic rings. The summed E-state index contributed by atoms with van der Waals surface area (Å²) in [4.78, 5) is 33.4. The molecule has 14 heteroatoms. The number of amides is 1. The Labute approximate surface area is 272 Å². The van der Waals surface area contributed by atoms with E-state index in [4.69, 9.17) is 0 Å². The quantitative estimate of drug-likeness (QED) is 0.178. The second-order valence-corrected chi connectivity index (χ2v) is 13.6. The van der Waals surface area contributed by atoms with Crippen LogP contribution in [0.1, 0.15) is 11.1 Å². The number of nitrogens with zero attached hydrogens (tertiary/aromatic N) is 5. The Morgan fingerprint density at radius 2 is 1.71 bits per heavy atom. The number of rotatable bonds is 9. The minimum Gasteiger partial charge on any atom is -0.336 e. The molecule has 2 aromatic carbocycles. The zero-order valence-electron chi connectivity index (χ0n) is 25.3.